The summed E-state index contributed by atoms with van der Waals surface area (Å²) in [7, 11) is 2.02. The molecule has 0 bridgehead atoms. The number of nitriles is 1. The molecule has 1 aliphatic rings. The van der Waals surface area contributed by atoms with Crippen LogP contribution in [0.2, 0.25) is 0 Å². The van der Waals surface area contributed by atoms with Gasteiger partial charge in [-0.3, -0.25) is 9.67 Å². The van der Waals surface area contributed by atoms with Gasteiger partial charge in [0.2, 0.25) is 0 Å². The van der Waals surface area contributed by atoms with Crippen LogP contribution in [0, 0.1) is 11.3 Å². The fourth-order valence-corrected chi connectivity index (χ4v) is 4.99. The molecule has 38 heavy (non-hydrogen) atoms. The Balaban J connectivity index is 1.59. The lowest BCUT2D eigenvalue weighted by atomic mass is 9.97. The van der Waals surface area contributed by atoms with Crippen molar-refractivity contribution in [1.82, 2.24) is 24.7 Å². The molecule has 0 amide bonds. The minimum atomic E-state index is 0.209. The van der Waals surface area contributed by atoms with E-state index < -0.39 is 0 Å². The van der Waals surface area contributed by atoms with Crippen LogP contribution in [0.1, 0.15) is 25.0 Å². The highest BCUT2D eigenvalue weighted by Gasteiger charge is 2.29. The van der Waals surface area contributed by atoms with Crippen molar-refractivity contribution in [2.45, 2.75) is 26.4 Å². The van der Waals surface area contributed by atoms with Crippen molar-refractivity contribution in [3.8, 4) is 28.5 Å². The Morgan fingerprint density at radius 3 is 2.58 bits per heavy atom. The van der Waals surface area contributed by atoms with Gasteiger partial charge in [0, 0.05) is 42.8 Å². The van der Waals surface area contributed by atoms with E-state index in [4.69, 9.17) is 9.72 Å². The maximum Gasteiger partial charge on any atom is 0.140 e. The Labute approximate surface area is 220 Å². The van der Waals surface area contributed by atoms with Crippen LogP contribution in [0.15, 0.2) is 67.4 Å². The molecule has 5 aromatic rings. The van der Waals surface area contributed by atoms with Crippen molar-refractivity contribution in [3.63, 3.8) is 0 Å². The van der Waals surface area contributed by atoms with Crippen molar-refractivity contribution < 1.29 is 4.74 Å². The van der Waals surface area contributed by atoms with E-state index in [0.29, 0.717) is 25.6 Å². The van der Waals surface area contributed by atoms with Crippen molar-refractivity contribution >= 4 is 22.4 Å². The van der Waals surface area contributed by atoms with Gasteiger partial charge in [-0.25, -0.2) is 4.98 Å². The monoisotopic (exact) mass is 504 g/mol. The third kappa shape index (κ3) is 4.15. The molecule has 0 spiro atoms. The molecule has 1 N–H and O–H groups in total. The smallest absolute Gasteiger partial charge is 0.140 e. The number of aromatic amines is 1. The van der Waals surface area contributed by atoms with Crippen LogP contribution < -0.4 is 9.80 Å². The van der Waals surface area contributed by atoms with E-state index in [1.807, 2.05) is 66.7 Å². The predicted octanol–water partition coefficient (Wildman–Crippen LogP) is 5.00. The summed E-state index contributed by atoms with van der Waals surface area (Å²) in [5.41, 5.74) is 8.55. The standard InChI is InChI=1S/C29H28N8O/c1-19(2)37-18-38-17-35(3)24-14-32-29-26(28(24)37)25(22-6-4-20(12-30)5-7-22)27(34-29)23-13-33-36(16-23)15-21-8-10-31-11-9-21/h4-11,13-14,16,19H,15,17-18H2,1-3H3,(H,32,34). The summed E-state index contributed by atoms with van der Waals surface area (Å²) in [5.74, 6) is 0. The minimum absolute atomic E-state index is 0.209. The molecule has 0 radical (unpaired) electrons. The van der Waals surface area contributed by atoms with Gasteiger partial charge in [0.05, 0.1) is 53.0 Å². The lowest BCUT2D eigenvalue weighted by molar-refractivity contribution is 0.138. The van der Waals surface area contributed by atoms with Crippen LogP contribution in [0.25, 0.3) is 33.4 Å². The maximum absolute atomic E-state index is 9.39. The molecular weight excluding hydrogens is 476 g/mol. The molecule has 1 aromatic carbocycles. The number of nitrogens with zero attached hydrogens (tertiary/aromatic N) is 7. The highest BCUT2D eigenvalue weighted by atomic mass is 16.5. The average Bonchev–Trinajstić information content (AvgIpc) is 3.51. The van der Waals surface area contributed by atoms with E-state index in [-0.39, 0.29) is 6.04 Å². The molecule has 0 unspecified atom stereocenters. The van der Waals surface area contributed by atoms with Crippen molar-refractivity contribution in [2.24, 2.45) is 0 Å². The molecule has 0 aliphatic carbocycles. The van der Waals surface area contributed by atoms with Gasteiger partial charge in [0.25, 0.3) is 0 Å². The summed E-state index contributed by atoms with van der Waals surface area (Å²) in [6.45, 7) is 5.94. The Morgan fingerprint density at radius 1 is 1.05 bits per heavy atom. The number of hydrogen-bond donors (Lipinski definition) is 1. The third-order valence-electron chi connectivity index (χ3n) is 6.93. The SMILES string of the molecule is CC(C)N1COCN(C)c2cnc3[nH]c(-c4cnn(Cc5ccncc5)c4)c(-c4ccc(C#N)cc4)c3c21. The largest absolute Gasteiger partial charge is 0.349 e. The summed E-state index contributed by atoms with van der Waals surface area (Å²) in [6.07, 6.45) is 9.43. The Bertz CT molecular complexity index is 1630. The van der Waals surface area contributed by atoms with Gasteiger partial charge in [-0.1, -0.05) is 12.1 Å². The first-order valence-corrected chi connectivity index (χ1v) is 12.6. The van der Waals surface area contributed by atoms with Gasteiger partial charge in [-0.15, -0.1) is 0 Å². The lowest BCUT2D eigenvalue weighted by Crippen LogP contribution is -2.32. The zero-order valence-electron chi connectivity index (χ0n) is 21.6. The fourth-order valence-electron chi connectivity index (χ4n) is 4.99. The second-order valence-electron chi connectivity index (χ2n) is 9.79. The second kappa shape index (κ2) is 9.65. The van der Waals surface area contributed by atoms with Gasteiger partial charge in [0.1, 0.15) is 19.1 Å². The second-order valence-corrected chi connectivity index (χ2v) is 9.79. The average molecular weight is 505 g/mol. The van der Waals surface area contributed by atoms with Crippen LogP contribution in [0.3, 0.4) is 0 Å². The van der Waals surface area contributed by atoms with E-state index >= 15 is 0 Å². The fraction of sp³-hybridized carbons (Fsp3) is 0.241. The molecule has 9 nitrogen and oxygen atoms in total. The van der Waals surface area contributed by atoms with Crippen molar-refractivity contribution in [3.05, 3.63) is 78.5 Å². The van der Waals surface area contributed by atoms with Gasteiger partial charge in [-0.2, -0.15) is 10.4 Å². The number of nitrogens with one attached hydrogen (secondary N) is 1. The first-order valence-electron chi connectivity index (χ1n) is 12.6. The van der Waals surface area contributed by atoms with Crippen LogP contribution in [-0.4, -0.2) is 51.3 Å². The first kappa shape index (κ1) is 23.7. The summed E-state index contributed by atoms with van der Waals surface area (Å²) < 4.78 is 7.92. The topological polar surface area (TPSA) is 98.9 Å². The number of H-pyrrole nitrogens is 1. The van der Waals surface area contributed by atoms with Gasteiger partial charge < -0.3 is 19.5 Å². The van der Waals surface area contributed by atoms with Crippen molar-refractivity contribution in [1.29, 1.82) is 5.26 Å². The van der Waals surface area contributed by atoms with Crippen LogP contribution in [0.5, 0.6) is 0 Å². The van der Waals surface area contributed by atoms with E-state index in [1.165, 1.54) is 0 Å². The highest BCUT2D eigenvalue weighted by molar-refractivity contribution is 6.11. The number of hydrogen-bond acceptors (Lipinski definition) is 7. The Morgan fingerprint density at radius 2 is 1.84 bits per heavy atom. The van der Waals surface area contributed by atoms with E-state index in [1.54, 1.807) is 12.4 Å². The number of rotatable bonds is 5. The third-order valence-corrected chi connectivity index (χ3v) is 6.93. The van der Waals surface area contributed by atoms with Gasteiger partial charge >= 0.3 is 0 Å². The van der Waals surface area contributed by atoms with Crippen LogP contribution in [0.4, 0.5) is 11.4 Å². The van der Waals surface area contributed by atoms with Gasteiger partial charge in [0.15, 0.2) is 0 Å². The van der Waals surface area contributed by atoms with E-state index in [0.717, 1.165) is 50.4 Å². The highest BCUT2D eigenvalue weighted by Crippen LogP contribution is 2.46. The first-order chi connectivity index (χ1) is 18.5. The van der Waals surface area contributed by atoms with E-state index in [9.17, 15) is 5.26 Å². The summed E-state index contributed by atoms with van der Waals surface area (Å²) in [5, 5.41) is 15.1. The molecule has 1 aliphatic heterocycles. The normalized spacial score (nSPS) is 13.6. The molecular formula is C29H28N8O. The summed E-state index contributed by atoms with van der Waals surface area (Å²) in [6, 6.07) is 14.1. The van der Waals surface area contributed by atoms with Gasteiger partial charge in [-0.05, 0) is 49.2 Å². The Hall–Kier alpha value is -4.68. The minimum Gasteiger partial charge on any atom is -0.349 e. The number of fused-ring (bicyclic) bond motifs is 3. The number of anilines is 2. The maximum atomic E-state index is 9.39. The number of aromatic nitrogens is 5. The molecule has 4 aromatic heterocycles. The molecule has 0 atom stereocenters. The van der Waals surface area contributed by atoms with E-state index in [2.05, 4.69) is 44.8 Å². The molecule has 5 heterocycles. The quantitative estimate of drug-likeness (QED) is 0.359. The van der Waals surface area contributed by atoms with Crippen molar-refractivity contribution in [2.75, 3.05) is 30.3 Å². The number of ether oxygens (including phenoxy) is 1. The van der Waals surface area contributed by atoms with Crippen LogP contribution >= 0.6 is 0 Å². The molecule has 6 rings (SSSR count). The Kier molecular flexibility index (Phi) is 6.02. The number of pyridine rings is 2. The lowest BCUT2D eigenvalue weighted by Gasteiger charge is -2.29. The molecule has 9 heteroatoms. The zero-order chi connectivity index (χ0) is 26.2. The predicted molar refractivity (Wildman–Crippen MR) is 148 cm³/mol. The number of benzene rings is 1. The molecule has 0 fully saturated rings. The summed E-state index contributed by atoms with van der Waals surface area (Å²) >= 11 is 0. The molecule has 0 saturated heterocycles. The summed E-state index contributed by atoms with van der Waals surface area (Å²) in [4.78, 5) is 16.9. The molecule has 190 valence electrons. The van der Waals surface area contributed by atoms with Crippen LogP contribution in [-0.2, 0) is 11.3 Å². The molecule has 0 saturated carbocycles. The zero-order valence-corrected chi connectivity index (χ0v) is 21.6.